The van der Waals surface area contributed by atoms with Crippen LogP contribution in [-0.4, -0.2) is 21.4 Å². The molecule has 86 valence electrons. The van der Waals surface area contributed by atoms with Gasteiger partial charge in [-0.2, -0.15) is 4.98 Å². The summed E-state index contributed by atoms with van der Waals surface area (Å²) in [5.41, 5.74) is 0. The first-order valence-electron chi connectivity index (χ1n) is 5.26. The molecule has 5 heteroatoms. The van der Waals surface area contributed by atoms with E-state index < -0.39 is 0 Å². The monoisotopic (exact) mass is 238 g/mol. The Hall–Kier alpha value is -1.20. The summed E-state index contributed by atoms with van der Waals surface area (Å²) in [6.45, 7) is 1.75. The molecule has 2 aromatic heterocycles. The lowest BCUT2D eigenvalue weighted by atomic mass is 10.2. The average molecular weight is 238 g/mol. The van der Waals surface area contributed by atoms with Crippen molar-refractivity contribution in [3.63, 3.8) is 0 Å². The molecule has 4 nitrogen and oxygen atoms in total. The molecule has 0 saturated heterocycles. The van der Waals surface area contributed by atoms with Gasteiger partial charge < -0.3 is 9.63 Å². The molecule has 1 unspecified atom stereocenters. The quantitative estimate of drug-likeness (QED) is 0.866. The Balaban J connectivity index is 1.92. The van der Waals surface area contributed by atoms with Gasteiger partial charge in [0.2, 0.25) is 5.89 Å². The second-order valence-electron chi connectivity index (χ2n) is 3.75. The third kappa shape index (κ3) is 3.15. The summed E-state index contributed by atoms with van der Waals surface area (Å²) < 4.78 is 5.10. The van der Waals surface area contributed by atoms with Crippen molar-refractivity contribution in [2.24, 2.45) is 0 Å². The van der Waals surface area contributed by atoms with E-state index in [1.165, 1.54) is 4.88 Å². The van der Waals surface area contributed by atoms with Crippen molar-refractivity contribution in [1.82, 2.24) is 10.1 Å². The van der Waals surface area contributed by atoms with Gasteiger partial charge in [0.05, 0.1) is 6.10 Å². The molecular weight excluding hydrogens is 224 g/mol. The van der Waals surface area contributed by atoms with Crippen LogP contribution in [0.1, 0.15) is 29.9 Å². The minimum absolute atomic E-state index is 0.326. The zero-order valence-corrected chi connectivity index (χ0v) is 9.91. The predicted octanol–water partition coefficient (Wildman–Crippen LogP) is 2.04. The molecule has 16 heavy (non-hydrogen) atoms. The van der Waals surface area contributed by atoms with Crippen molar-refractivity contribution in [2.45, 2.75) is 32.3 Å². The number of aliphatic hydroxyl groups excluding tert-OH is 1. The van der Waals surface area contributed by atoms with Crippen LogP contribution in [0.5, 0.6) is 0 Å². The molecule has 2 aromatic rings. The molecule has 2 heterocycles. The highest BCUT2D eigenvalue weighted by molar-refractivity contribution is 7.09. The van der Waals surface area contributed by atoms with Crippen molar-refractivity contribution >= 4 is 11.3 Å². The lowest BCUT2D eigenvalue weighted by molar-refractivity contribution is 0.180. The summed E-state index contributed by atoms with van der Waals surface area (Å²) in [4.78, 5) is 5.50. The van der Waals surface area contributed by atoms with Gasteiger partial charge in [-0.1, -0.05) is 11.2 Å². The van der Waals surface area contributed by atoms with Gasteiger partial charge >= 0.3 is 0 Å². The zero-order chi connectivity index (χ0) is 11.4. The number of thiophene rings is 1. The van der Waals surface area contributed by atoms with E-state index >= 15 is 0 Å². The molecule has 1 N–H and O–H groups in total. The molecule has 0 bridgehead atoms. The fraction of sp³-hybridized carbons (Fsp3) is 0.455. The second-order valence-corrected chi connectivity index (χ2v) is 4.78. The van der Waals surface area contributed by atoms with E-state index in [1.807, 2.05) is 11.4 Å². The van der Waals surface area contributed by atoms with E-state index in [-0.39, 0.29) is 6.10 Å². The molecule has 0 aliphatic heterocycles. The number of aryl methyl sites for hydroxylation is 1. The van der Waals surface area contributed by atoms with Gasteiger partial charge in [-0.15, -0.1) is 11.3 Å². The molecule has 0 aliphatic rings. The molecule has 0 radical (unpaired) electrons. The van der Waals surface area contributed by atoms with Crippen LogP contribution in [0.3, 0.4) is 0 Å². The SMILES string of the molecule is CC(O)CCc1nc(Cc2cccs2)no1. The predicted molar refractivity (Wildman–Crippen MR) is 61.4 cm³/mol. The maximum atomic E-state index is 9.14. The van der Waals surface area contributed by atoms with E-state index in [1.54, 1.807) is 18.3 Å². The van der Waals surface area contributed by atoms with Crippen LogP contribution in [0, 0.1) is 0 Å². The van der Waals surface area contributed by atoms with E-state index in [2.05, 4.69) is 16.2 Å². The molecule has 0 amide bonds. The number of aliphatic hydroxyl groups is 1. The highest BCUT2D eigenvalue weighted by atomic mass is 32.1. The van der Waals surface area contributed by atoms with Gasteiger partial charge in [-0.05, 0) is 24.8 Å². The van der Waals surface area contributed by atoms with Gasteiger partial charge in [-0.25, -0.2) is 0 Å². The Morgan fingerprint density at radius 3 is 3.12 bits per heavy atom. The minimum atomic E-state index is -0.326. The third-order valence-electron chi connectivity index (χ3n) is 2.20. The summed E-state index contributed by atoms with van der Waals surface area (Å²) in [6, 6.07) is 4.06. The molecule has 1 atom stereocenters. The number of hydrogen-bond acceptors (Lipinski definition) is 5. The zero-order valence-electron chi connectivity index (χ0n) is 9.09. The molecule has 0 spiro atoms. The summed E-state index contributed by atoms with van der Waals surface area (Å²) in [7, 11) is 0. The van der Waals surface area contributed by atoms with Gasteiger partial charge in [0.25, 0.3) is 0 Å². The summed E-state index contributed by atoms with van der Waals surface area (Å²) >= 11 is 1.68. The number of nitrogens with zero attached hydrogens (tertiary/aromatic N) is 2. The Morgan fingerprint density at radius 1 is 1.56 bits per heavy atom. The van der Waals surface area contributed by atoms with E-state index in [0.29, 0.717) is 24.6 Å². The van der Waals surface area contributed by atoms with Gasteiger partial charge in [0.1, 0.15) is 0 Å². The largest absolute Gasteiger partial charge is 0.393 e. The number of aromatic nitrogens is 2. The standard InChI is InChI=1S/C11H14N2O2S/c1-8(14)4-5-11-12-10(13-15-11)7-9-3-2-6-16-9/h2-3,6,8,14H,4-5,7H2,1H3. The fourth-order valence-corrected chi connectivity index (χ4v) is 2.07. The van der Waals surface area contributed by atoms with Crippen molar-refractivity contribution in [2.75, 3.05) is 0 Å². The Morgan fingerprint density at radius 2 is 2.44 bits per heavy atom. The molecule has 0 saturated carbocycles. The molecule has 2 rings (SSSR count). The molecule has 0 aliphatic carbocycles. The van der Waals surface area contributed by atoms with Crippen LogP contribution in [0.15, 0.2) is 22.0 Å². The normalized spacial score (nSPS) is 12.9. The van der Waals surface area contributed by atoms with Crippen molar-refractivity contribution < 1.29 is 9.63 Å². The number of hydrogen-bond donors (Lipinski definition) is 1. The molecular formula is C11H14N2O2S. The summed E-state index contributed by atoms with van der Waals surface area (Å²) in [6.07, 6.45) is 1.68. The Bertz CT molecular complexity index is 423. The summed E-state index contributed by atoms with van der Waals surface area (Å²) in [5.74, 6) is 1.32. The maximum absolute atomic E-state index is 9.14. The van der Waals surface area contributed by atoms with Gasteiger partial charge in [0.15, 0.2) is 5.82 Å². The van der Waals surface area contributed by atoms with Crippen LogP contribution >= 0.6 is 11.3 Å². The third-order valence-corrected chi connectivity index (χ3v) is 3.07. The summed E-state index contributed by atoms with van der Waals surface area (Å²) in [5, 5.41) is 15.1. The van der Waals surface area contributed by atoms with Crippen LogP contribution in [0.25, 0.3) is 0 Å². The smallest absolute Gasteiger partial charge is 0.226 e. The highest BCUT2D eigenvalue weighted by Gasteiger charge is 2.08. The van der Waals surface area contributed by atoms with Crippen LogP contribution in [0.2, 0.25) is 0 Å². The average Bonchev–Trinajstić information content (AvgIpc) is 2.87. The van der Waals surface area contributed by atoms with Crippen LogP contribution < -0.4 is 0 Å². The first-order chi connectivity index (χ1) is 7.74. The minimum Gasteiger partial charge on any atom is -0.393 e. The lowest BCUT2D eigenvalue weighted by Crippen LogP contribution is -2.01. The van der Waals surface area contributed by atoms with Crippen molar-refractivity contribution in [3.8, 4) is 0 Å². The number of rotatable bonds is 5. The van der Waals surface area contributed by atoms with E-state index in [9.17, 15) is 0 Å². The van der Waals surface area contributed by atoms with Crippen molar-refractivity contribution in [3.05, 3.63) is 34.1 Å². The fourth-order valence-electron chi connectivity index (χ4n) is 1.36. The topological polar surface area (TPSA) is 59.2 Å². The van der Waals surface area contributed by atoms with Gasteiger partial charge in [-0.3, -0.25) is 0 Å². The Labute approximate surface area is 97.9 Å². The van der Waals surface area contributed by atoms with Crippen LogP contribution in [0.4, 0.5) is 0 Å². The van der Waals surface area contributed by atoms with E-state index in [0.717, 1.165) is 6.42 Å². The highest BCUT2D eigenvalue weighted by Crippen LogP contribution is 2.13. The van der Waals surface area contributed by atoms with Gasteiger partial charge in [0, 0.05) is 17.7 Å². The van der Waals surface area contributed by atoms with E-state index in [4.69, 9.17) is 9.63 Å². The first-order valence-corrected chi connectivity index (χ1v) is 6.14. The molecule has 0 aromatic carbocycles. The van der Waals surface area contributed by atoms with Crippen LogP contribution in [-0.2, 0) is 12.8 Å². The molecule has 0 fully saturated rings. The van der Waals surface area contributed by atoms with Crippen molar-refractivity contribution in [1.29, 1.82) is 0 Å². The second kappa shape index (κ2) is 5.23. The first kappa shape index (κ1) is 11.3. The Kier molecular flexibility index (Phi) is 3.69. The maximum Gasteiger partial charge on any atom is 0.226 e. The lowest BCUT2D eigenvalue weighted by Gasteiger charge is -1.98.